The van der Waals surface area contributed by atoms with Gasteiger partial charge < -0.3 is 14.3 Å². The van der Waals surface area contributed by atoms with Crippen LogP contribution in [0, 0.1) is 5.92 Å². The molecule has 0 bridgehead atoms. The van der Waals surface area contributed by atoms with Gasteiger partial charge in [0.1, 0.15) is 0 Å². The third-order valence-electron chi connectivity index (χ3n) is 3.42. The van der Waals surface area contributed by atoms with Gasteiger partial charge in [0.25, 0.3) is 0 Å². The van der Waals surface area contributed by atoms with Crippen molar-refractivity contribution in [3.63, 3.8) is 0 Å². The summed E-state index contributed by atoms with van der Waals surface area (Å²) in [6.45, 7) is 2.91. The van der Waals surface area contributed by atoms with Crippen LogP contribution in [-0.2, 0) is 11.3 Å². The summed E-state index contributed by atoms with van der Waals surface area (Å²) in [6, 6.07) is 1.81. The van der Waals surface area contributed by atoms with E-state index < -0.39 is 5.97 Å². The van der Waals surface area contributed by atoms with Gasteiger partial charge in [-0.15, -0.1) is 0 Å². The highest BCUT2D eigenvalue weighted by atomic mass is 16.5. The lowest BCUT2D eigenvalue weighted by Crippen LogP contribution is -2.21. The summed E-state index contributed by atoms with van der Waals surface area (Å²) in [6.07, 6.45) is 3.47. The number of hydrogen-bond donors (Lipinski definition) is 1. The van der Waals surface area contributed by atoms with E-state index in [0.29, 0.717) is 18.2 Å². The molecule has 2 heterocycles. The smallest absolute Gasteiger partial charge is 0.374 e. The molecule has 5 heteroatoms. The Morgan fingerprint density at radius 3 is 3.22 bits per heavy atom. The number of esters is 1. The summed E-state index contributed by atoms with van der Waals surface area (Å²) in [5.41, 5.74) is 0.867. The molecule has 1 aromatic heterocycles. The van der Waals surface area contributed by atoms with Crippen LogP contribution >= 0.6 is 0 Å². The Bertz CT molecular complexity index is 401. The minimum absolute atomic E-state index is 0.248. The first-order chi connectivity index (χ1) is 8.74. The normalized spacial score (nSPS) is 20.2. The molecule has 0 aromatic carbocycles. The van der Waals surface area contributed by atoms with E-state index in [1.165, 1.54) is 13.4 Å². The first-order valence-corrected chi connectivity index (χ1v) is 6.22. The van der Waals surface area contributed by atoms with E-state index >= 15 is 0 Å². The van der Waals surface area contributed by atoms with Gasteiger partial charge in [0.05, 0.1) is 13.4 Å². The van der Waals surface area contributed by atoms with Crippen LogP contribution in [0.25, 0.3) is 0 Å². The molecule has 0 radical (unpaired) electrons. The Kier molecular flexibility index (Phi) is 4.38. The van der Waals surface area contributed by atoms with E-state index in [9.17, 15) is 4.79 Å². The van der Waals surface area contributed by atoms with Crippen molar-refractivity contribution < 1.29 is 19.1 Å². The summed E-state index contributed by atoms with van der Waals surface area (Å²) < 4.78 is 9.84. The van der Waals surface area contributed by atoms with Gasteiger partial charge in [-0.05, 0) is 31.4 Å². The molecule has 1 aliphatic rings. The summed E-state index contributed by atoms with van der Waals surface area (Å²) >= 11 is 0. The van der Waals surface area contributed by atoms with Gasteiger partial charge >= 0.3 is 5.97 Å². The molecule has 1 aliphatic heterocycles. The number of carbonyl (C=O) groups excluding carboxylic acids is 1. The Labute approximate surface area is 106 Å². The quantitative estimate of drug-likeness (QED) is 0.801. The largest absolute Gasteiger partial charge is 0.463 e. The second-order valence-electron chi connectivity index (χ2n) is 4.67. The Morgan fingerprint density at radius 1 is 1.67 bits per heavy atom. The lowest BCUT2D eigenvalue weighted by molar-refractivity contribution is 0.0562. The minimum atomic E-state index is -0.430. The lowest BCUT2D eigenvalue weighted by atomic mass is 10.1. The molecule has 0 spiro atoms. The predicted molar refractivity (Wildman–Crippen MR) is 65.1 cm³/mol. The summed E-state index contributed by atoms with van der Waals surface area (Å²) in [7, 11) is 1.35. The van der Waals surface area contributed by atoms with Gasteiger partial charge in [-0.3, -0.25) is 4.90 Å². The van der Waals surface area contributed by atoms with Crippen LogP contribution in [0.1, 0.15) is 29.0 Å². The lowest BCUT2D eigenvalue weighted by Gasteiger charge is -2.15. The fourth-order valence-corrected chi connectivity index (χ4v) is 2.45. The van der Waals surface area contributed by atoms with Crippen LogP contribution in [0.4, 0.5) is 0 Å². The molecule has 1 atom stereocenters. The SMILES string of the molecule is COC(=O)c1occc1CN1CCC(CCO)C1. The maximum absolute atomic E-state index is 11.5. The van der Waals surface area contributed by atoms with Crippen molar-refractivity contribution in [3.05, 3.63) is 23.7 Å². The fraction of sp³-hybridized carbons (Fsp3) is 0.615. The Morgan fingerprint density at radius 2 is 2.50 bits per heavy atom. The van der Waals surface area contributed by atoms with Crippen molar-refractivity contribution in [2.24, 2.45) is 5.92 Å². The van der Waals surface area contributed by atoms with Crippen LogP contribution in [-0.4, -0.2) is 42.8 Å². The molecule has 100 valence electrons. The number of furan rings is 1. The van der Waals surface area contributed by atoms with Crippen LogP contribution in [0.3, 0.4) is 0 Å². The molecular formula is C13H19NO4. The van der Waals surface area contributed by atoms with Gasteiger partial charge in [-0.25, -0.2) is 4.79 Å². The topological polar surface area (TPSA) is 62.9 Å². The van der Waals surface area contributed by atoms with Crippen molar-refractivity contribution in [3.8, 4) is 0 Å². The standard InChI is InChI=1S/C13H19NO4/c1-17-13(16)12-11(4-7-18-12)9-14-5-2-10(8-14)3-6-15/h4,7,10,15H,2-3,5-6,8-9H2,1H3. The molecular weight excluding hydrogens is 234 g/mol. The number of nitrogens with zero attached hydrogens (tertiary/aromatic N) is 1. The van der Waals surface area contributed by atoms with E-state index in [2.05, 4.69) is 9.64 Å². The van der Waals surface area contributed by atoms with Crippen LogP contribution in [0.15, 0.2) is 16.7 Å². The predicted octanol–water partition coefficient (Wildman–Crippen LogP) is 1.27. The van der Waals surface area contributed by atoms with E-state index in [4.69, 9.17) is 9.52 Å². The molecule has 1 unspecified atom stereocenters. The van der Waals surface area contributed by atoms with E-state index in [-0.39, 0.29) is 6.61 Å². The molecule has 2 rings (SSSR count). The van der Waals surface area contributed by atoms with Gasteiger partial charge in [-0.1, -0.05) is 0 Å². The highest BCUT2D eigenvalue weighted by Gasteiger charge is 2.24. The number of aliphatic hydroxyl groups excluding tert-OH is 1. The number of aliphatic hydroxyl groups is 1. The van der Waals surface area contributed by atoms with E-state index in [1.54, 1.807) is 0 Å². The minimum Gasteiger partial charge on any atom is -0.463 e. The third-order valence-corrected chi connectivity index (χ3v) is 3.42. The number of hydrogen-bond acceptors (Lipinski definition) is 5. The second-order valence-corrected chi connectivity index (χ2v) is 4.67. The second kappa shape index (κ2) is 6.02. The zero-order valence-electron chi connectivity index (χ0n) is 10.6. The van der Waals surface area contributed by atoms with Gasteiger partial charge in [0, 0.05) is 25.3 Å². The zero-order chi connectivity index (χ0) is 13.0. The molecule has 0 amide bonds. The van der Waals surface area contributed by atoms with Crippen molar-refractivity contribution in [1.82, 2.24) is 4.90 Å². The first-order valence-electron chi connectivity index (χ1n) is 6.22. The average Bonchev–Trinajstić information content (AvgIpc) is 2.99. The molecule has 1 saturated heterocycles. The molecule has 5 nitrogen and oxygen atoms in total. The Hall–Kier alpha value is -1.33. The monoisotopic (exact) mass is 253 g/mol. The van der Waals surface area contributed by atoms with Gasteiger partial charge in [0.2, 0.25) is 5.76 Å². The maximum atomic E-state index is 11.5. The number of carbonyl (C=O) groups is 1. The Balaban J connectivity index is 1.94. The van der Waals surface area contributed by atoms with Crippen LogP contribution < -0.4 is 0 Å². The zero-order valence-corrected chi connectivity index (χ0v) is 10.6. The molecule has 0 aliphatic carbocycles. The number of ether oxygens (including phenoxy) is 1. The van der Waals surface area contributed by atoms with Crippen molar-refractivity contribution in [2.45, 2.75) is 19.4 Å². The summed E-state index contributed by atoms with van der Waals surface area (Å²) in [5, 5.41) is 8.92. The highest BCUT2D eigenvalue weighted by Crippen LogP contribution is 2.22. The first kappa shape index (κ1) is 13.1. The highest BCUT2D eigenvalue weighted by molar-refractivity contribution is 5.87. The summed E-state index contributed by atoms with van der Waals surface area (Å²) in [4.78, 5) is 13.7. The van der Waals surface area contributed by atoms with Gasteiger partial charge in [-0.2, -0.15) is 0 Å². The van der Waals surface area contributed by atoms with E-state index in [1.807, 2.05) is 6.07 Å². The average molecular weight is 253 g/mol. The fourth-order valence-electron chi connectivity index (χ4n) is 2.45. The summed E-state index contributed by atoms with van der Waals surface area (Å²) in [5.74, 6) is 0.424. The van der Waals surface area contributed by atoms with Gasteiger partial charge in [0.15, 0.2) is 0 Å². The number of likely N-dealkylation sites (tertiary alicyclic amines) is 1. The maximum Gasteiger partial charge on any atom is 0.374 e. The number of methoxy groups -OCH3 is 1. The third kappa shape index (κ3) is 2.91. The molecule has 0 saturated carbocycles. The van der Waals surface area contributed by atoms with Crippen molar-refractivity contribution >= 4 is 5.97 Å². The van der Waals surface area contributed by atoms with Crippen molar-refractivity contribution in [1.29, 1.82) is 0 Å². The molecule has 1 fully saturated rings. The van der Waals surface area contributed by atoms with Crippen LogP contribution in [0.5, 0.6) is 0 Å². The molecule has 1 aromatic rings. The number of rotatable bonds is 5. The van der Waals surface area contributed by atoms with Crippen molar-refractivity contribution in [2.75, 3.05) is 26.8 Å². The van der Waals surface area contributed by atoms with E-state index in [0.717, 1.165) is 31.5 Å². The molecule has 18 heavy (non-hydrogen) atoms. The molecule has 1 N–H and O–H groups in total. The van der Waals surface area contributed by atoms with Crippen LogP contribution in [0.2, 0.25) is 0 Å².